The summed E-state index contributed by atoms with van der Waals surface area (Å²) in [5.41, 5.74) is 2.01. The van der Waals surface area contributed by atoms with E-state index in [9.17, 15) is 4.79 Å². The van der Waals surface area contributed by atoms with Gasteiger partial charge in [-0.1, -0.05) is 28.8 Å². The molecule has 1 nitrogen and oxygen atoms in total. The molecule has 1 saturated carbocycles. The van der Waals surface area contributed by atoms with Crippen LogP contribution in [0.2, 0.25) is 0 Å². The van der Waals surface area contributed by atoms with Crippen molar-refractivity contribution in [3.05, 3.63) is 33.8 Å². The number of hydrogen-bond donors (Lipinski definition) is 0. The van der Waals surface area contributed by atoms with Crippen LogP contribution < -0.4 is 0 Å². The van der Waals surface area contributed by atoms with E-state index in [1.807, 2.05) is 25.1 Å². The van der Waals surface area contributed by atoms with Gasteiger partial charge in [-0.3, -0.25) is 4.79 Å². The zero-order valence-electron chi connectivity index (χ0n) is 8.92. The molecule has 0 radical (unpaired) electrons. The number of carbonyl (C=O) groups excluding carboxylic acids is 1. The zero-order chi connectivity index (χ0) is 10.8. The van der Waals surface area contributed by atoms with Crippen molar-refractivity contribution in [1.82, 2.24) is 0 Å². The van der Waals surface area contributed by atoms with Gasteiger partial charge in [0.05, 0.1) is 0 Å². The highest BCUT2D eigenvalue weighted by molar-refractivity contribution is 9.10. The fourth-order valence-electron chi connectivity index (χ4n) is 2.30. The fourth-order valence-corrected chi connectivity index (χ4v) is 2.91. The van der Waals surface area contributed by atoms with E-state index in [2.05, 4.69) is 15.9 Å². The van der Waals surface area contributed by atoms with Gasteiger partial charge in [-0.2, -0.15) is 0 Å². The maximum absolute atomic E-state index is 12.1. The molecule has 15 heavy (non-hydrogen) atoms. The molecule has 0 spiro atoms. The van der Waals surface area contributed by atoms with Gasteiger partial charge < -0.3 is 0 Å². The van der Waals surface area contributed by atoms with Gasteiger partial charge in [-0.05, 0) is 43.5 Å². The summed E-state index contributed by atoms with van der Waals surface area (Å²) in [4.78, 5) is 12.1. The maximum atomic E-state index is 12.1. The summed E-state index contributed by atoms with van der Waals surface area (Å²) in [6, 6.07) is 5.96. The minimum absolute atomic E-state index is 0.277. The van der Waals surface area contributed by atoms with E-state index in [0.717, 1.165) is 28.4 Å². The molecule has 0 amide bonds. The van der Waals surface area contributed by atoms with Crippen LogP contribution in [-0.4, -0.2) is 5.78 Å². The molecule has 2 rings (SSSR count). The zero-order valence-corrected chi connectivity index (χ0v) is 10.5. The molecule has 0 N–H and O–H groups in total. The lowest BCUT2D eigenvalue weighted by molar-refractivity contribution is 0.0922. The highest BCUT2D eigenvalue weighted by atomic mass is 79.9. The van der Waals surface area contributed by atoms with Crippen molar-refractivity contribution in [3.63, 3.8) is 0 Å². The normalized spacial score (nSPS) is 16.9. The number of hydrogen-bond acceptors (Lipinski definition) is 1. The third-order valence-electron chi connectivity index (χ3n) is 3.05. The molecular weight excluding hydrogens is 252 g/mol. The van der Waals surface area contributed by atoms with Gasteiger partial charge in [-0.25, -0.2) is 0 Å². The average molecular weight is 267 g/mol. The number of benzene rings is 1. The first-order chi connectivity index (χ1) is 7.16. The van der Waals surface area contributed by atoms with E-state index in [1.165, 1.54) is 12.8 Å². The Morgan fingerprint density at radius 2 is 1.93 bits per heavy atom. The Morgan fingerprint density at radius 1 is 1.27 bits per heavy atom. The van der Waals surface area contributed by atoms with Gasteiger partial charge in [0.1, 0.15) is 0 Å². The highest BCUT2D eigenvalue weighted by Gasteiger charge is 2.23. The van der Waals surface area contributed by atoms with Crippen LogP contribution in [0.3, 0.4) is 0 Å². The van der Waals surface area contributed by atoms with Crippen molar-refractivity contribution >= 4 is 21.7 Å². The van der Waals surface area contributed by atoms with Gasteiger partial charge in [0.25, 0.3) is 0 Å². The average Bonchev–Trinajstić information content (AvgIpc) is 2.67. The second-order valence-electron chi connectivity index (χ2n) is 4.36. The van der Waals surface area contributed by atoms with Crippen molar-refractivity contribution in [2.45, 2.75) is 32.6 Å². The van der Waals surface area contributed by atoms with E-state index in [4.69, 9.17) is 0 Å². The Balaban J connectivity index is 2.24. The molecule has 0 heterocycles. The second-order valence-corrected chi connectivity index (χ2v) is 5.28. The predicted octanol–water partition coefficient (Wildman–Crippen LogP) is 4.13. The molecule has 0 bridgehead atoms. The van der Waals surface area contributed by atoms with Gasteiger partial charge in [0.15, 0.2) is 5.78 Å². The predicted molar refractivity (Wildman–Crippen MR) is 65.2 cm³/mol. The standard InChI is InChI=1S/C13H15BrO/c1-9-6-11(8-12(14)7-9)13(15)10-4-2-3-5-10/h6-8,10H,2-5H2,1H3. The molecule has 2 heteroatoms. The van der Waals surface area contributed by atoms with E-state index in [0.29, 0.717) is 5.78 Å². The highest BCUT2D eigenvalue weighted by Crippen LogP contribution is 2.29. The number of ketones is 1. The summed E-state index contributed by atoms with van der Waals surface area (Å²) in [5.74, 6) is 0.607. The molecule has 0 atom stereocenters. The largest absolute Gasteiger partial charge is 0.294 e. The SMILES string of the molecule is Cc1cc(Br)cc(C(=O)C2CCCC2)c1. The lowest BCUT2D eigenvalue weighted by atomic mass is 9.95. The summed E-state index contributed by atoms with van der Waals surface area (Å²) in [6.45, 7) is 2.02. The fraction of sp³-hybridized carbons (Fsp3) is 0.462. The van der Waals surface area contributed by atoms with Crippen LogP contribution in [0.4, 0.5) is 0 Å². The number of aryl methyl sites for hydroxylation is 1. The van der Waals surface area contributed by atoms with Crippen LogP contribution in [0.25, 0.3) is 0 Å². The summed E-state index contributed by atoms with van der Waals surface area (Å²) in [6.07, 6.45) is 4.57. The topological polar surface area (TPSA) is 17.1 Å². The van der Waals surface area contributed by atoms with Crippen molar-refractivity contribution in [2.75, 3.05) is 0 Å². The number of Topliss-reactive ketones (excluding diaryl/α,β-unsaturated/α-hetero) is 1. The Labute approximate surface area is 99.0 Å². The van der Waals surface area contributed by atoms with Crippen molar-refractivity contribution < 1.29 is 4.79 Å². The molecule has 0 saturated heterocycles. The number of rotatable bonds is 2. The lowest BCUT2D eigenvalue weighted by Crippen LogP contribution is -2.11. The first kappa shape index (κ1) is 10.9. The maximum Gasteiger partial charge on any atom is 0.165 e. The van der Waals surface area contributed by atoms with Gasteiger partial charge in [0.2, 0.25) is 0 Å². The molecule has 1 fully saturated rings. The van der Waals surface area contributed by atoms with Crippen molar-refractivity contribution in [1.29, 1.82) is 0 Å². The summed E-state index contributed by atoms with van der Waals surface area (Å²) in [7, 11) is 0. The molecular formula is C13H15BrO. The van der Waals surface area contributed by atoms with Crippen molar-refractivity contribution in [2.24, 2.45) is 5.92 Å². The molecule has 1 aromatic rings. The number of halogens is 1. The summed E-state index contributed by atoms with van der Waals surface area (Å²) >= 11 is 3.44. The smallest absolute Gasteiger partial charge is 0.165 e. The van der Waals surface area contributed by atoms with E-state index in [-0.39, 0.29) is 5.92 Å². The molecule has 0 aliphatic heterocycles. The minimum atomic E-state index is 0.277. The number of carbonyl (C=O) groups is 1. The Morgan fingerprint density at radius 3 is 2.53 bits per heavy atom. The van der Waals surface area contributed by atoms with Crippen molar-refractivity contribution in [3.8, 4) is 0 Å². The van der Waals surface area contributed by atoms with Crippen LogP contribution in [0.15, 0.2) is 22.7 Å². The second kappa shape index (κ2) is 4.48. The molecule has 0 unspecified atom stereocenters. The summed E-state index contributed by atoms with van der Waals surface area (Å²) < 4.78 is 1.00. The quantitative estimate of drug-likeness (QED) is 0.736. The van der Waals surface area contributed by atoms with Gasteiger partial charge >= 0.3 is 0 Å². The van der Waals surface area contributed by atoms with Crippen LogP contribution >= 0.6 is 15.9 Å². The first-order valence-electron chi connectivity index (χ1n) is 5.48. The molecule has 0 aromatic heterocycles. The Hall–Kier alpha value is -0.630. The van der Waals surface area contributed by atoms with E-state index < -0.39 is 0 Å². The molecule has 1 aromatic carbocycles. The third-order valence-corrected chi connectivity index (χ3v) is 3.51. The molecule has 1 aliphatic rings. The lowest BCUT2D eigenvalue weighted by Gasteiger charge is -2.08. The van der Waals surface area contributed by atoms with E-state index in [1.54, 1.807) is 0 Å². The Bertz CT molecular complexity index is 358. The third kappa shape index (κ3) is 2.49. The Kier molecular flexibility index (Phi) is 3.25. The minimum Gasteiger partial charge on any atom is -0.294 e. The molecule has 80 valence electrons. The monoisotopic (exact) mass is 266 g/mol. The van der Waals surface area contributed by atoms with E-state index >= 15 is 0 Å². The van der Waals surface area contributed by atoms with Crippen LogP contribution in [0.5, 0.6) is 0 Å². The summed E-state index contributed by atoms with van der Waals surface area (Å²) in [5, 5.41) is 0. The van der Waals surface area contributed by atoms with Crippen LogP contribution in [-0.2, 0) is 0 Å². The first-order valence-corrected chi connectivity index (χ1v) is 6.27. The van der Waals surface area contributed by atoms with Gasteiger partial charge in [-0.15, -0.1) is 0 Å². The van der Waals surface area contributed by atoms with Gasteiger partial charge in [0, 0.05) is 16.0 Å². The van der Waals surface area contributed by atoms with Crippen LogP contribution in [0, 0.1) is 12.8 Å². The van der Waals surface area contributed by atoms with Crippen LogP contribution in [0.1, 0.15) is 41.6 Å². The molecule has 1 aliphatic carbocycles.